The lowest BCUT2D eigenvalue weighted by molar-refractivity contribution is -0.137. The Morgan fingerprint density at radius 2 is 1.80 bits per heavy atom. The molecule has 1 aliphatic rings. The van der Waals surface area contributed by atoms with Crippen molar-refractivity contribution in [1.82, 2.24) is 19.7 Å². The topological polar surface area (TPSA) is 49.7 Å². The third kappa shape index (κ3) is 4.33. The minimum atomic E-state index is -4.54. The number of benzene rings is 2. The van der Waals surface area contributed by atoms with Crippen LogP contribution in [0.2, 0.25) is 5.02 Å². The van der Waals surface area contributed by atoms with Gasteiger partial charge in [0, 0.05) is 48.4 Å². The van der Waals surface area contributed by atoms with Crippen molar-refractivity contribution in [2.75, 3.05) is 11.4 Å². The second-order valence-electron chi connectivity index (χ2n) is 9.88. The van der Waals surface area contributed by atoms with Gasteiger partial charge in [0.2, 0.25) is 0 Å². The molecule has 0 saturated carbocycles. The molecule has 0 spiro atoms. The highest BCUT2D eigenvalue weighted by Crippen LogP contribution is 2.40. The van der Waals surface area contributed by atoms with Crippen LogP contribution in [0.4, 0.5) is 23.4 Å². The summed E-state index contributed by atoms with van der Waals surface area (Å²) < 4.78 is 56.4. The molecule has 4 heterocycles. The molecular weight excluding hydrogens is 542 g/mol. The summed E-state index contributed by atoms with van der Waals surface area (Å²) in [5, 5.41) is 5.77. The highest BCUT2D eigenvalue weighted by atomic mass is 35.5. The van der Waals surface area contributed by atoms with Gasteiger partial charge < -0.3 is 9.88 Å². The molecule has 2 aromatic carbocycles. The number of aryl methyl sites for hydroxylation is 2. The van der Waals surface area contributed by atoms with E-state index in [2.05, 4.69) is 35.9 Å². The number of hydrogen-bond acceptors (Lipinski definition) is 3. The number of aromatic amines is 1. The maximum atomic E-state index is 14.7. The summed E-state index contributed by atoms with van der Waals surface area (Å²) in [5.41, 5.74) is 6.21. The van der Waals surface area contributed by atoms with Crippen LogP contribution >= 0.6 is 11.6 Å². The van der Waals surface area contributed by atoms with Crippen LogP contribution in [-0.4, -0.2) is 26.3 Å². The number of nitrogens with zero attached hydrogens (tertiary/aromatic N) is 4. The normalized spacial score (nSPS) is 13.7. The van der Waals surface area contributed by atoms with Crippen LogP contribution in [0.5, 0.6) is 0 Å². The number of rotatable bonds is 5. The zero-order chi connectivity index (χ0) is 28.2. The quantitative estimate of drug-likeness (QED) is 0.220. The molecule has 0 bridgehead atoms. The predicted molar refractivity (Wildman–Crippen MR) is 149 cm³/mol. The van der Waals surface area contributed by atoms with Gasteiger partial charge in [-0.05, 0) is 48.2 Å². The summed E-state index contributed by atoms with van der Waals surface area (Å²) in [6, 6.07) is 12.2. The summed E-state index contributed by atoms with van der Waals surface area (Å²) in [5.74, 6) is -0.0672. The molecule has 0 amide bonds. The van der Waals surface area contributed by atoms with Crippen LogP contribution in [0.1, 0.15) is 41.8 Å². The Labute approximate surface area is 233 Å². The third-order valence-corrected chi connectivity index (χ3v) is 7.87. The van der Waals surface area contributed by atoms with Gasteiger partial charge in [0.1, 0.15) is 11.6 Å². The molecule has 0 radical (unpaired) electrons. The molecule has 0 unspecified atom stereocenters. The van der Waals surface area contributed by atoms with Gasteiger partial charge in [-0.2, -0.15) is 18.3 Å². The lowest BCUT2D eigenvalue weighted by Gasteiger charge is -2.29. The summed E-state index contributed by atoms with van der Waals surface area (Å²) in [4.78, 5) is 8.99. The second-order valence-corrected chi connectivity index (χ2v) is 10.3. The van der Waals surface area contributed by atoms with Gasteiger partial charge in [-0.25, -0.2) is 14.1 Å². The minimum absolute atomic E-state index is 0.0633. The van der Waals surface area contributed by atoms with E-state index in [1.54, 1.807) is 12.3 Å². The monoisotopic (exact) mass is 567 g/mol. The Hall–Kier alpha value is -3.85. The number of alkyl halides is 3. The number of para-hydroxylation sites is 1. The van der Waals surface area contributed by atoms with E-state index in [0.717, 1.165) is 69.8 Å². The summed E-state index contributed by atoms with van der Waals surface area (Å²) >= 11 is 6.34. The van der Waals surface area contributed by atoms with Gasteiger partial charge in [-0.3, -0.25) is 0 Å². The number of nitrogens with one attached hydrogen (secondary N) is 1. The zero-order valence-electron chi connectivity index (χ0n) is 21.9. The Bertz CT molecular complexity index is 1710. The van der Waals surface area contributed by atoms with Gasteiger partial charge >= 0.3 is 6.18 Å². The Morgan fingerprint density at radius 1 is 1.05 bits per heavy atom. The number of pyridine rings is 1. The second kappa shape index (κ2) is 9.96. The summed E-state index contributed by atoms with van der Waals surface area (Å²) in [6.07, 6.45) is 0.129. The van der Waals surface area contributed by atoms with E-state index in [9.17, 15) is 17.6 Å². The number of halogens is 5. The lowest BCUT2D eigenvalue weighted by Crippen LogP contribution is -2.31. The molecule has 0 atom stereocenters. The van der Waals surface area contributed by atoms with E-state index >= 15 is 0 Å². The first kappa shape index (κ1) is 26.4. The molecule has 206 valence electrons. The first-order valence-corrected chi connectivity index (χ1v) is 13.5. The highest BCUT2D eigenvalue weighted by Gasteiger charge is 2.34. The van der Waals surface area contributed by atoms with E-state index in [0.29, 0.717) is 25.0 Å². The highest BCUT2D eigenvalue weighted by molar-refractivity contribution is 6.33. The molecule has 3 aromatic heterocycles. The van der Waals surface area contributed by atoms with Crippen molar-refractivity contribution in [2.24, 2.45) is 0 Å². The fraction of sp³-hybridized carbons (Fsp3) is 0.267. The van der Waals surface area contributed by atoms with Crippen molar-refractivity contribution >= 4 is 28.3 Å². The van der Waals surface area contributed by atoms with Crippen LogP contribution < -0.4 is 4.90 Å². The van der Waals surface area contributed by atoms with E-state index in [-0.39, 0.29) is 16.7 Å². The number of aromatic nitrogens is 4. The van der Waals surface area contributed by atoms with Crippen molar-refractivity contribution < 1.29 is 17.6 Å². The molecular formula is C30H26ClF4N5. The number of hydrogen-bond donors (Lipinski definition) is 1. The van der Waals surface area contributed by atoms with Crippen molar-refractivity contribution in [3.8, 4) is 16.9 Å². The lowest BCUT2D eigenvalue weighted by atomic mass is 9.97. The van der Waals surface area contributed by atoms with Gasteiger partial charge in [-0.15, -0.1) is 0 Å². The van der Waals surface area contributed by atoms with Crippen LogP contribution in [0.15, 0.2) is 54.9 Å². The average molecular weight is 568 g/mol. The van der Waals surface area contributed by atoms with Crippen LogP contribution in [0, 0.1) is 5.82 Å². The van der Waals surface area contributed by atoms with E-state index < -0.39 is 11.7 Å². The smallest absolute Gasteiger partial charge is 0.359 e. The first-order valence-electron chi connectivity index (χ1n) is 13.2. The molecule has 10 heteroatoms. The predicted octanol–water partition coefficient (Wildman–Crippen LogP) is 7.91. The minimum Gasteiger partial charge on any atom is -0.359 e. The van der Waals surface area contributed by atoms with Crippen molar-refractivity contribution in [1.29, 1.82) is 0 Å². The van der Waals surface area contributed by atoms with Gasteiger partial charge in [-0.1, -0.05) is 43.6 Å². The molecule has 0 aliphatic carbocycles. The fourth-order valence-corrected chi connectivity index (χ4v) is 5.91. The van der Waals surface area contributed by atoms with Crippen LogP contribution in [0.3, 0.4) is 0 Å². The fourth-order valence-electron chi connectivity index (χ4n) is 5.63. The van der Waals surface area contributed by atoms with Crippen molar-refractivity contribution in [3.05, 3.63) is 93.6 Å². The summed E-state index contributed by atoms with van der Waals surface area (Å²) in [7, 11) is 0. The molecule has 1 N–H and O–H groups in total. The Morgan fingerprint density at radius 3 is 2.48 bits per heavy atom. The number of H-pyrrole nitrogens is 1. The van der Waals surface area contributed by atoms with Crippen molar-refractivity contribution in [2.45, 2.75) is 45.8 Å². The molecule has 6 rings (SSSR count). The zero-order valence-corrected chi connectivity index (χ0v) is 22.7. The first-order chi connectivity index (χ1) is 19.2. The van der Waals surface area contributed by atoms with Crippen LogP contribution in [0.25, 0.3) is 27.8 Å². The molecule has 5 nitrogen and oxygen atoms in total. The van der Waals surface area contributed by atoms with Gasteiger partial charge in [0.25, 0.3) is 0 Å². The summed E-state index contributed by atoms with van der Waals surface area (Å²) in [6.45, 7) is 5.02. The van der Waals surface area contributed by atoms with E-state index in [1.807, 2.05) is 21.7 Å². The average Bonchev–Trinajstić information content (AvgIpc) is 3.58. The number of fused-ring (bicyclic) bond motifs is 2. The van der Waals surface area contributed by atoms with E-state index in [1.165, 1.54) is 6.07 Å². The Kier molecular flexibility index (Phi) is 6.57. The molecule has 1 aliphatic heterocycles. The van der Waals surface area contributed by atoms with Gasteiger partial charge in [0.05, 0.1) is 33.2 Å². The maximum Gasteiger partial charge on any atom is 0.417 e. The standard InChI is InChI=1S/C30H26ClF4N5/c1-3-17-6-5-7-18(4-2)27(17)40-28(21-8-9-24(32)26-20(21)10-12-36-26)22-16-39(13-11-25(22)38-40)29-23(31)14-19(15-37-29)30(33,34)35/h5-10,12,14-15,36H,3-4,11,13,16H2,1-2H3. The largest absolute Gasteiger partial charge is 0.417 e. The molecule has 0 saturated heterocycles. The van der Waals surface area contributed by atoms with Crippen molar-refractivity contribution in [3.63, 3.8) is 0 Å². The van der Waals surface area contributed by atoms with E-state index in [4.69, 9.17) is 16.7 Å². The molecule has 40 heavy (non-hydrogen) atoms. The number of anilines is 1. The molecule has 0 fully saturated rings. The maximum absolute atomic E-state index is 14.7. The molecule has 5 aromatic rings. The van der Waals surface area contributed by atoms with Gasteiger partial charge in [0.15, 0.2) is 0 Å². The SMILES string of the molecule is CCc1cccc(CC)c1-n1nc2c(c1-c1ccc(F)c3[nH]ccc13)CN(c1ncc(C(F)(F)F)cc1Cl)CC2. The third-order valence-electron chi connectivity index (χ3n) is 7.59. The Balaban J connectivity index is 1.56. The van der Waals surface area contributed by atoms with Crippen LogP contribution in [-0.2, 0) is 32.0 Å².